The molecule has 1 amide bonds. The quantitative estimate of drug-likeness (QED) is 0.166. The SMILES string of the molecule is CCC(=Cc1ccccc1)C(=O)Oc1cc(Cl)c(Oc2ccc(NC(=O)C(C)C)c(Br)c2)c(Cl)c1. The van der Waals surface area contributed by atoms with Crippen molar-refractivity contribution in [1.82, 2.24) is 0 Å². The molecule has 3 aromatic carbocycles. The van der Waals surface area contributed by atoms with Crippen LogP contribution in [-0.4, -0.2) is 11.9 Å². The van der Waals surface area contributed by atoms with Gasteiger partial charge in [0.25, 0.3) is 0 Å². The maximum absolute atomic E-state index is 12.7. The summed E-state index contributed by atoms with van der Waals surface area (Å²) in [5, 5.41) is 3.19. The highest BCUT2D eigenvalue weighted by Gasteiger charge is 2.17. The summed E-state index contributed by atoms with van der Waals surface area (Å²) >= 11 is 16.2. The number of carbonyl (C=O) groups is 2. The maximum Gasteiger partial charge on any atom is 0.339 e. The number of benzene rings is 3. The molecule has 0 saturated carbocycles. The van der Waals surface area contributed by atoms with Gasteiger partial charge in [0.1, 0.15) is 11.5 Å². The van der Waals surface area contributed by atoms with Crippen LogP contribution in [0.4, 0.5) is 5.69 Å². The van der Waals surface area contributed by atoms with E-state index in [2.05, 4.69) is 21.2 Å². The van der Waals surface area contributed by atoms with Crippen molar-refractivity contribution in [2.24, 2.45) is 5.92 Å². The van der Waals surface area contributed by atoms with Crippen LogP contribution in [0, 0.1) is 5.92 Å². The Morgan fingerprint density at radius 3 is 2.23 bits per heavy atom. The van der Waals surface area contributed by atoms with Gasteiger partial charge in [-0.1, -0.05) is 74.3 Å². The van der Waals surface area contributed by atoms with Gasteiger partial charge in [0.05, 0.1) is 15.7 Å². The van der Waals surface area contributed by atoms with Crippen molar-refractivity contribution in [2.45, 2.75) is 27.2 Å². The Bertz CT molecular complexity index is 1240. The largest absolute Gasteiger partial charge is 0.454 e. The molecule has 35 heavy (non-hydrogen) atoms. The predicted molar refractivity (Wildman–Crippen MR) is 144 cm³/mol. The monoisotopic (exact) mass is 575 g/mol. The van der Waals surface area contributed by atoms with Crippen molar-refractivity contribution < 1.29 is 19.1 Å². The highest BCUT2D eigenvalue weighted by atomic mass is 79.9. The Kier molecular flexibility index (Phi) is 9.38. The van der Waals surface area contributed by atoms with Gasteiger partial charge < -0.3 is 14.8 Å². The molecule has 3 rings (SSSR count). The molecule has 0 aliphatic rings. The highest BCUT2D eigenvalue weighted by Crippen LogP contribution is 2.41. The van der Waals surface area contributed by atoms with E-state index in [4.69, 9.17) is 32.7 Å². The predicted octanol–water partition coefficient (Wildman–Crippen LogP) is 8.54. The zero-order chi connectivity index (χ0) is 25.5. The van der Waals surface area contributed by atoms with Gasteiger partial charge in [-0.05, 0) is 52.2 Å². The molecule has 0 bridgehead atoms. The summed E-state index contributed by atoms with van der Waals surface area (Å²) in [6.45, 7) is 5.51. The molecule has 8 heteroatoms. The lowest BCUT2D eigenvalue weighted by molar-refractivity contribution is -0.130. The number of amides is 1. The van der Waals surface area contributed by atoms with E-state index in [1.54, 1.807) is 24.3 Å². The number of carbonyl (C=O) groups excluding carboxylic acids is 2. The van der Waals surface area contributed by atoms with E-state index in [9.17, 15) is 9.59 Å². The molecule has 0 atom stereocenters. The van der Waals surface area contributed by atoms with Crippen LogP contribution in [0.5, 0.6) is 17.2 Å². The zero-order valence-electron chi connectivity index (χ0n) is 19.4. The fourth-order valence-corrected chi connectivity index (χ4v) is 3.98. The van der Waals surface area contributed by atoms with E-state index in [-0.39, 0.29) is 33.4 Å². The van der Waals surface area contributed by atoms with Gasteiger partial charge in [0.2, 0.25) is 5.91 Å². The minimum Gasteiger partial charge on any atom is -0.454 e. The van der Waals surface area contributed by atoms with Crippen molar-refractivity contribution in [3.63, 3.8) is 0 Å². The van der Waals surface area contributed by atoms with Crippen LogP contribution in [0.15, 0.2) is 70.7 Å². The van der Waals surface area contributed by atoms with Crippen molar-refractivity contribution in [1.29, 1.82) is 0 Å². The summed E-state index contributed by atoms with van der Waals surface area (Å²) in [6.07, 6.45) is 2.28. The normalized spacial score (nSPS) is 11.3. The Labute approximate surface area is 223 Å². The molecule has 0 aromatic heterocycles. The second kappa shape index (κ2) is 12.2. The van der Waals surface area contributed by atoms with Crippen LogP contribution in [0.25, 0.3) is 6.08 Å². The minimum atomic E-state index is -0.486. The number of hydrogen-bond acceptors (Lipinski definition) is 4. The molecule has 0 aliphatic heterocycles. The lowest BCUT2D eigenvalue weighted by Crippen LogP contribution is -2.17. The molecule has 0 heterocycles. The van der Waals surface area contributed by atoms with Crippen molar-refractivity contribution in [3.05, 3.63) is 86.3 Å². The van der Waals surface area contributed by atoms with Crippen LogP contribution in [0.2, 0.25) is 10.0 Å². The molecular formula is C27H24BrCl2NO4. The Morgan fingerprint density at radius 2 is 1.66 bits per heavy atom. The average Bonchev–Trinajstić information content (AvgIpc) is 2.82. The molecule has 0 radical (unpaired) electrons. The van der Waals surface area contributed by atoms with Gasteiger partial charge in [0, 0.05) is 28.1 Å². The lowest BCUT2D eigenvalue weighted by Gasteiger charge is -2.14. The van der Waals surface area contributed by atoms with Gasteiger partial charge in [-0.2, -0.15) is 0 Å². The third kappa shape index (κ3) is 7.34. The molecule has 0 fully saturated rings. The molecule has 0 aliphatic carbocycles. The van der Waals surface area contributed by atoms with Gasteiger partial charge in [-0.25, -0.2) is 4.79 Å². The molecule has 0 saturated heterocycles. The number of ether oxygens (including phenoxy) is 2. The minimum absolute atomic E-state index is 0.0968. The Morgan fingerprint density at radius 1 is 1.00 bits per heavy atom. The smallest absolute Gasteiger partial charge is 0.339 e. The van der Waals surface area contributed by atoms with Gasteiger partial charge in [0.15, 0.2) is 5.75 Å². The first-order valence-corrected chi connectivity index (χ1v) is 12.5. The van der Waals surface area contributed by atoms with Crippen LogP contribution >= 0.6 is 39.1 Å². The summed E-state index contributed by atoms with van der Waals surface area (Å²) in [7, 11) is 0. The molecule has 182 valence electrons. The number of anilines is 1. The molecule has 3 aromatic rings. The van der Waals surface area contributed by atoms with Gasteiger partial charge >= 0.3 is 5.97 Å². The average molecular weight is 577 g/mol. The fourth-order valence-electron chi connectivity index (χ4n) is 2.98. The summed E-state index contributed by atoms with van der Waals surface area (Å²) in [4.78, 5) is 24.6. The first kappa shape index (κ1) is 26.8. The molecule has 0 unspecified atom stereocenters. The summed E-state index contributed by atoms with van der Waals surface area (Å²) in [5.74, 6) is 0.144. The van der Waals surface area contributed by atoms with Crippen LogP contribution in [0.1, 0.15) is 32.8 Å². The third-order valence-electron chi connectivity index (χ3n) is 4.91. The van der Waals surface area contributed by atoms with Crippen molar-refractivity contribution >= 4 is 62.8 Å². The summed E-state index contributed by atoms with van der Waals surface area (Å²) in [5.41, 5.74) is 2.03. The number of esters is 1. The number of nitrogens with one attached hydrogen (secondary N) is 1. The number of halogens is 3. The first-order valence-electron chi connectivity index (χ1n) is 10.9. The van der Waals surface area contributed by atoms with E-state index in [0.717, 1.165) is 5.56 Å². The molecule has 0 spiro atoms. The van der Waals surface area contributed by atoms with Crippen molar-refractivity contribution in [3.8, 4) is 17.2 Å². The van der Waals surface area contributed by atoms with E-state index in [1.165, 1.54) is 12.1 Å². The first-order chi connectivity index (χ1) is 16.7. The second-order valence-corrected chi connectivity index (χ2v) is 9.60. The van der Waals surface area contributed by atoms with Crippen LogP contribution in [-0.2, 0) is 9.59 Å². The summed E-state index contributed by atoms with van der Waals surface area (Å²) in [6, 6.07) is 17.6. The second-order valence-electron chi connectivity index (χ2n) is 7.93. The lowest BCUT2D eigenvalue weighted by atomic mass is 10.1. The molecular weight excluding hydrogens is 553 g/mol. The Balaban J connectivity index is 1.75. The topological polar surface area (TPSA) is 64.6 Å². The standard InChI is InChI=1S/C27H24BrCl2NO4/c1-4-18(12-17-8-6-5-7-9-17)27(33)35-20-14-22(29)25(23(30)15-20)34-19-10-11-24(21(28)13-19)31-26(32)16(2)3/h5-16H,4H2,1-3H3,(H,31,32). The van der Waals surface area contributed by atoms with E-state index < -0.39 is 5.97 Å². The highest BCUT2D eigenvalue weighted by molar-refractivity contribution is 9.10. The molecule has 5 nitrogen and oxygen atoms in total. The van der Waals surface area contributed by atoms with Crippen molar-refractivity contribution in [2.75, 3.05) is 5.32 Å². The third-order valence-corrected chi connectivity index (χ3v) is 6.13. The number of hydrogen-bond donors (Lipinski definition) is 1. The zero-order valence-corrected chi connectivity index (χ0v) is 22.5. The van der Waals surface area contributed by atoms with E-state index >= 15 is 0 Å². The fraction of sp³-hybridized carbons (Fsp3) is 0.185. The van der Waals surface area contributed by atoms with E-state index in [0.29, 0.717) is 27.9 Å². The number of rotatable bonds is 8. The Hall–Kier alpha value is -2.80. The molecule has 1 N–H and O–H groups in total. The maximum atomic E-state index is 12.7. The van der Waals surface area contributed by atoms with Crippen LogP contribution in [0.3, 0.4) is 0 Å². The van der Waals surface area contributed by atoms with Crippen LogP contribution < -0.4 is 14.8 Å². The van der Waals surface area contributed by atoms with Gasteiger partial charge in [-0.3, -0.25) is 4.79 Å². The van der Waals surface area contributed by atoms with E-state index in [1.807, 2.05) is 51.1 Å². The van der Waals surface area contributed by atoms with Gasteiger partial charge in [-0.15, -0.1) is 0 Å². The summed E-state index contributed by atoms with van der Waals surface area (Å²) < 4.78 is 12.0.